The van der Waals surface area contributed by atoms with Gasteiger partial charge in [0.05, 0.1) is 0 Å². The third-order valence-electron chi connectivity index (χ3n) is 0. The van der Waals surface area contributed by atoms with Crippen LogP contribution in [0.5, 0.6) is 0 Å². The van der Waals surface area contributed by atoms with E-state index >= 15 is 0 Å². The summed E-state index contributed by atoms with van der Waals surface area (Å²) < 4.78 is 0. The maximum absolute atomic E-state index is 9.00. The van der Waals surface area contributed by atoms with Crippen LogP contribution in [0.1, 0.15) is 13.8 Å². The third kappa shape index (κ3) is 1700. The second-order valence-corrected chi connectivity index (χ2v) is 1.04. The summed E-state index contributed by atoms with van der Waals surface area (Å²) >= 11 is 0. The third-order valence-corrected chi connectivity index (χ3v) is 0. The van der Waals surface area contributed by atoms with Gasteiger partial charge in [-0.1, -0.05) is 0 Å². The zero-order chi connectivity index (χ0) is 7.15. The van der Waals surface area contributed by atoms with Crippen LogP contribution in [0, 0.1) is 0 Å². The largest absolute Gasteiger partial charge is 0.481 e. The SMILES string of the molecule is CC(=O)O.CC(=O)O.O.[Pd]. The summed E-state index contributed by atoms with van der Waals surface area (Å²) in [7, 11) is 0. The first kappa shape index (κ1) is 22.7. The van der Waals surface area contributed by atoms with Gasteiger partial charge in [0.25, 0.3) is 11.9 Å². The van der Waals surface area contributed by atoms with Crippen LogP contribution in [-0.4, -0.2) is 27.6 Å². The van der Waals surface area contributed by atoms with Gasteiger partial charge in [0.1, 0.15) is 0 Å². The van der Waals surface area contributed by atoms with Gasteiger partial charge in [-0.05, 0) is 0 Å². The van der Waals surface area contributed by atoms with E-state index in [2.05, 4.69) is 0 Å². The zero-order valence-corrected chi connectivity index (χ0v) is 7.08. The first-order chi connectivity index (χ1) is 3.46. The molecule has 0 aliphatic heterocycles. The maximum Gasteiger partial charge on any atom is 0.300 e. The first-order valence-corrected chi connectivity index (χ1v) is 1.86. The van der Waals surface area contributed by atoms with Crippen LogP contribution >= 0.6 is 0 Å². The molecule has 0 fully saturated rings. The van der Waals surface area contributed by atoms with Gasteiger partial charge in [0.15, 0.2) is 0 Å². The molecule has 0 heterocycles. The monoisotopic (exact) mass is 244 g/mol. The number of rotatable bonds is 0. The predicted octanol–water partition coefficient (Wildman–Crippen LogP) is -0.645. The minimum absolute atomic E-state index is 0. The number of hydrogen-bond donors (Lipinski definition) is 2. The minimum Gasteiger partial charge on any atom is -0.481 e. The van der Waals surface area contributed by atoms with Crippen LogP contribution in [-0.2, 0) is 30.0 Å². The molecule has 0 unspecified atom stereocenters. The van der Waals surface area contributed by atoms with Crippen molar-refractivity contribution in [3.8, 4) is 0 Å². The Bertz CT molecular complexity index is 71.6. The molecule has 0 aromatic rings. The fourth-order valence-corrected chi connectivity index (χ4v) is 0. The Hall–Kier alpha value is -0.438. The molecule has 0 rings (SSSR count). The molecule has 5 nitrogen and oxygen atoms in total. The van der Waals surface area contributed by atoms with Crippen molar-refractivity contribution in [3.05, 3.63) is 0 Å². The van der Waals surface area contributed by atoms with Crippen LogP contribution in [0.15, 0.2) is 0 Å². The van der Waals surface area contributed by atoms with Crippen LogP contribution in [0.4, 0.5) is 0 Å². The van der Waals surface area contributed by atoms with Crippen LogP contribution in [0.2, 0.25) is 0 Å². The molecule has 4 N–H and O–H groups in total. The second kappa shape index (κ2) is 15.8. The van der Waals surface area contributed by atoms with Gasteiger partial charge in [0.2, 0.25) is 0 Å². The average Bonchev–Trinajstić information content (AvgIpc) is 1.25. The van der Waals surface area contributed by atoms with E-state index in [-0.39, 0.29) is 25.9 Å². The summed E-state index contributed by atoms with van der Waals surface area (Å²) in [5.41, 5.74) is 0. The van der Waals surface area contributed by atoms with Gasteiger partial charge < -0.3 is 15.7 Å². The Balaban J connectivity index is -0.0000000300. The number of aliphatic carboxylic acids is 2. The van der Waals surface area contributed by atoms with Crippen molar-refractivity contribution in [2.75, 3.05) is 0 Å². The minimum atomic E-state index is -0.833. The standard InChI is InChI=1S/2C2H4O2.H2O.Pd/c2*1-2(3)4;;/h2*1H3,(H,3,4);1H2;. The molecule has 0 radical (unpaired) electrons. The molecule has 0 spiro atoms. The van der Waals surface area contributed by atoms with E-state index in [1.54, 1.807) is 0 Å². The summed E-state index contributed by atoms with van der Waals surface area (Å²) in [6.45, 7) is 2.17. The maximum atomic E-state index is 9.00. The van der Waals surface area contributed by atoms with Crippen molar-refractivity contribution in [1.29, 1.82) is 0 Å². The quantitative estimate of drug-likeness (QED) is 0.553. The fraction of sp³-hybridized carbons (Fsp3) is 0.500. The number of carboxylic acids is 2. The van der Waals surface area contributed by atoms with Crippen molar-refractivity contribution in [2.24, 2.45) is 0 Å². The van der Waals surface area contributed by atoms with Crippen LogP contribution in [0.25, 0.3) is 0 Å². The van der Waals surface area contributed by atoms with Crippen molar-refractivity contribution < 1.29 is 45.7 Å². The zero-order valence-electron chi connectivity index (χ0n) is 5.53. The van der Waals surface area contributed by atoms with Gasteiger partial charge in [-0.15, -0.1) is 0 Å². The molecule has 10 heavy (non-hydrogen) atoms. The van der Waals surface area contributed by atoms with E-state index < -0.39 is 11.9 Å². The van der Waals surface area contributed by atoms with Crippen molar-refractivity contribution in [1.82, 2.24) is 0 Å². The molecule has 0 aliphatic carbocycles. The topological polar surface area (TPSA) is 106 Å². The van der Waals surface area contributed by atoms with Gasteiger partial charge in [0, 0.05) is 34.3 Å². The van der Waals surface area contributed by atoms with Gasteiger partial charge in [-0.3, -0.25) is 9.59 Å². The fourth-order valence-electron chi connectivity index (χ4n) is 0. The Morgan fingerprint density at radius 3 is 1.00 bits per heavy atom. The Kier molecular flexibility index (Phi) is 35.9. The predicted molar refractivity (Wildman–Crippen MR) is 30.2 cm³/mol. The van der Waals surface area contributed by atoms with Crippen molar-refractivity contribution >= 4 is 11.9 Å². The molecule has 0 aromatic heterocycles. The molecule has 6 heteroatoms. The summed E-state index contributed by atoms with van der Waals surface area (Å²) in [4.78, 5) is 18.0. The van der Waals surface area contributed by atoms with Gasteiger partial charge in [-0.25, -0.2) is 0 Å². The van der Waals surface area contributed by atoms with Crippen LogP contribution < -0.4 is 0 Å². The summed E-state index contributed by atoms with van der Waals surface area (Å²) in [5, 5.41) is 14.8. The summed E-state index contributed by atoms with van der Waals surface area (Å²) in [5.74, 6) is -1.67. The molecule has 0 aromatic carbocycles. The molecular weight excluding hydrogens is 234 g/mol. The smallest absolute Gasteiger partial charge is 0.300 e. The van der Waals surface area contributed by atoms with Crippen molar-refractivity contribution in [3.63, 3.8) is 0 Å². The van der Waals surface area contributed by atoms with Gasteiger partial charge >= 0.3 is 0 Å². The first-order valence-electron chi connectivity index (χ1n) is 1.86. The van der Waals surface area contributed by atoms with Gasteiger partial charge in [-0.2, -0.15) is 0 Å². The molecule has 0 bridgehead atoms. The van der Waals surface area contributed by atoms with Crippen LogP contribution in [0.3, 0.4) is 0 Å². The van der Waals surface area contributed by atoms with E-state index in [1.807, 2.05) is 0 Å². The van der Waals surface area contributed by atoms with E-state index in [9.17, 15) is 0 Å². The summed E-state index contributed by atoms with van der Waals surface area (Å²) in [6, 6.07) is 0. The van der Waals surface area contributed by atoms with E-state index in [0.29, 0.717) is 0 Å². The molecular formula is C4H10O5Pd. The van der Waals surface area contributed by atoms with E-state index in [0.717, 1.165) is 13.8 Å². The number of carboxylic acid groups (broad SMARTS) is 2. The summed E-state index contributed by atoms with van der Waals surface area (Å²) in [6.07, 6.45) is 0. The molecule has 0 saturated heterocycles. The van der Waals surface area contributed by atoms with E-state index in [4.69, 9.17) is 19.8 Å². The average molecular weight is 245 g/mol. The van der Waals surface area contributed by atoms with E-state index in [1.165, 1.54) is 0 Å². The molecule has 0 atom stereocenters. The molecule has 0 amide bonds. The molecule has 0 aliphatic rings. The Morgan fingerprint density at radius 2 is 1.00 bits per heavy atom. The molecule has 0 saturated carbocycles. The molecule has 66 valence electrons. The number of carbonyl (C=O) groups is 2. The Labute approximate surface area is 72.0 Å². The number of hydrogen-bond acceptors (Lipinski definition) is 2. The van der Waals surface area contributed by atoms with Crippen molar-refractivity contribution in [2.45, 2.75) is 13.8 Å². The normalized spacial score (nSPS) is 5.00. The second-order valence-electron chi connectivity index (χ2n) is 1.04. The Morgan fingerprint density at radius 1 is 1.00 bits per heavy atom.